The summed E-state index contributed by atoms with van der Waals surface area (Å²) >= 11 is 0. The predicted molar refractivity (Wildman–Crippen MR) is 72.9 cm³/mol. The maximum absolute atomic E-state index is 12.1. The lowest BCUT2D eigenvalue weighted by molar-refractivity contribution is -0.189. The largest absolute Gasteiger partial charge is 0.347 e. The molecule has 0 aromatic heterocycles. The fourth-order valence-electron chi connectivity index (χ4n) is 2.84. The minimum Gasteiger partial charge on any atom is -0.347 e. The standard InChI is InChI=1S/C14H26N2O3/c1-3-4-7-15-13(17)16-8-5-6-12(11-16)14(2)18-9-10-19-14/h12H,3-11H2,1-2H3,(H,15,17). The van der Waals surface area contributed by atoms with E-state index in [0.717, 1.165) is 45.3 Å². The molecule has 2 saturated heterocycles. The van der Waals surface area contributed by atoms with Crippen LogP contribution < -0.4 is 5.32 Å². The first-order valence-corrected chi connectivity index (χ1v) is 7.46. The Labute approximate surface area is 115 Å². The molecule has 1 N–H and O–H groups in total. The van der Waals surface area contributed by atoms with Crippen molar-refractivity contribution < 1.29 is 14.3 Å². The lowest BCUT2D eigenvalue weighted by atomic mass is 9.90. The molecule has 2 fully saturated rings. The zero-order valence-corrected chi connectivity index (χ0v) is 12.1. The molecule has 2 amide bonds. The molecule has 0 aromatic rings. The Bertz CT molecular complexity index is 303. The number of amides is 2. The van der Waals surface area contributed by atoms with Gasteiger partial charge in [-0.1, -0.05) is 13.3 Å². The highest BCUT2D eigenvalue weighted by atomic mass is 16.7. The summed E-state index contributed by atoms with van der Waals surface area (Å²) in [6, 6.07) is 0.0553. The molecular weight excluding hydrogens is 244 g/mol. The maximum Gasteiger partial charge on any atom is 0.317 e. The topological polar surface area (TPSA) is 50.8 Å². The molecule has 5 nitrogen and oxygen atoms in total. The highest BCUT2D eigenvalue weighted by Crippen LogP contribution is 2.33. The summed E-state index contributed by atoms with van der Waals surface area (Å²) in [6.07, 6.45) is 4.22. The van der Waals surface area contributed by atoms with Crippen LogP contribution in [-0.4, -0.2) is 49.6 Å². The molecule has 5 heteroatoms. The monoisotopic (exact) mass is 270 g/mol. The third-order valence-electron chi connectivity index (χ3n) is 4.12. The van der Waals surface area contributed by atoms with Crippen LogP contribution in [-0.2, 0) is 9.47 Å². The van der Waals surface area contributed by atoms with Crippen LogP contribution in [0.5, 0.6) is 0 Å². The number of unbranched alkanes of at least 4 members (excludes halogenated alkanes) is 1. The van der Waals surface area contributed by atoms with E-state index in [0.29, 0.717) is 13.2 Å². The SMILES string of the molecule is CCCCNC(=O)N1CCCC(C2(C)OCCO2)C1. The number of urea groups is 1. The van der Waals surface area contributed by atoms with Gasteiger partial charge in [0.2, 0.25) is 0 Å². The van der Waals surface area contributed by atoms with E-state index in [1.54, 1.807) is 0 Å². The number of piperidine rings is 1. The summed E-state index contributed by atoms with van der Waals surface area (Å²) in [7, 11) is 0. The van der Waals surface area contributed by atoms with E-state index in [4.69, 9.17) is 9.47 Å². The molecule has 2 aliphatic rings. The molecule has 110 valence electrons. The van der Waals surface area contributed by atoms with Crippen molar-refractivity contribution in [1.82, 2.24) is 10.2 Å². The van der Waals surface area contributed by atoms with Crippen LogP contribution in [0, 0.1) is 5.92 Å². The van der Waals surface area contributed by atoms with Crippen LogP contribution in [0.25, 0.3) is 0 Å². The summed E-state index contributed by atoms with van der Waals surface area (Å²) in [5, 5.41) is 2.98. The first kappa shape index (κ1) is 14.6. The second kappa shape index (κ2) is 6.57. The molecule has 1 atom stereocenters. The maximum atomic E-state index is 12.1. The van der Waals surface area contributed by atoms with E-state index in [-0.39, 0.29) is 11.9 Å². The highest BCUT2D eigenvalue weighted by molar-refractivity contribution is 5.74. The minimum absolute atomic E-state index is 0.0553. The van der Waals surface area contributed by atoms with Crippen molar-refractivity contribution in [2.24, 2.45) is 5.92 Å². The summed E-state index contributed by atoms with van der Waals surface area (Å²) in [4.78, 5) is 14.0. The van der Waals surface area contributed by atoms with E-state index in [9.17, 15) is 4.79 Å². The van der Waals surface area contributed by atoms with Gasteiger partial charge >= 0.3 is 6.03 Å². The number of nitrogens with zero attached hydrogens (tertiary/aromatic N) is 1. The van der Waals surface area contributed by atoms with Crippen molar-refractivity contribution in [3.05, 3.63) is 0 Å². The van der Waals surface area contributed by atoms with Gasteiger partial charge in [-0.15, -0.1) is 0 Å². The Morgan fingerprint density at radius 3 is 2.84 bits per heavy atom. The molecule has 0 saturated carbocycles. The van der Waals surface area contributed by atoms with Gasteiger partial charge in [0.25, 0.3) is 0 Å². The molecule has 19 heavy (non-hydrogen) atoms. The molecule has 0 bridgehead atoms. The molecule has 0 radical (unpaired) electrons. The van der Waals surface area contributed by atoms with Gasteiger partial charge in [0.15, 0.2) is 5.79 Å². The fraction of sp³-hybridized carbons (Fsp3) is 0.929. The van der Waals surface area contributed by atoms with Gasteiger partial charge in [0.05, 0.1) is 13.2 Å². The Morgan fingerprint density at radius 1 is 1.42 bits per heavy atom. The lowest BCUT2D eigenvalue weighted by Crippen LogP contribution is -2.51. The number of likely N-dealkylation sites (tertiary alicyclic amines) is 1. The third kappa shape index (κ3) is 3.60. The van der Waals surface area contributed by atoms with Crippen LogP contribution in [0.4, 0.5) is 4.79 Å². The number of hydrogen-bond acceptors (Lipinski definition) is 3. The van der Waals surface area contributed by atoms with Gasteiger partial charge in [-0.25, -0.2) is 4.79 Å². The smallest absolute Gasteiger partial charge is 0.317 e. The molecule has 0 aromatic carbocycles. The Kier molecular flexibility index (Phi) is 5.05. The normalized spacial score (nSPS) is 26.4. The van der Waals surface area contributed by atoms with Gasteiger partial charge in [-0.05, 0) is 26.2 Å². The second-order valence-electron chi connectivity index (χ2n) is 5.58. The summed E-state index contributed by atoms with van der Waals surface area (Å²) in [5.41, 5.74) is 0. The van der Waals surface area contributed by atoms with Crippen molar-refractivity contribution in [3.63, 3.8) is 0 Å². The molecule has 0 spiro atoms. The second-order valence-corrected chi connectivity index (χ2v) is 5.58. The van der Waals surface area contributed by atoms with Crippen molar-refractivity contribution in [2.75, 3.05) is 32.8 Å². The van der Waals surface area contributed by atoms with Gasteiger partial charge in [-0.3, -0.25) is 0 Å². The van der Waals surface area contributed by atoms with Crippen molar-refractivity contribution >= 4 is 6.03 Å². The molecule has 1 unspecified atom stereocenters. The molecule has 2 heterocycles. The van der Waals surface area contributed by atoms with Crippen LogP contribution >= 0.6 is 0 Å². The number of carbonyl (C=O) groups excluding carboxylic acids is 1. The first-order chi connectivity index (χ1) is 9.15. The van der Waals surface area contributed by atoms with Gasteiger partial charge < -0.3 is 19.7 Å². The van der Waals surface area contributed by atoms with Gasteiger partial charge in [0.1, 0.15) is 0 Å². The summed E-state index contributed by atoms with van der Waals surface area (Å²) in [5.74, 6) is -0.219. The van der Waals surface area contributed by atoms with Gasteiger partial charge in [0, 0.05) is 25.6 Å². The average molecular weight is 270 g/mol. The van der Waals surface area contributed by atoms with Crippen molar-refractivity contribution in [3.8, 4) is 0 Å². The molecular formula is C14H26N2O3. The zero-order chi connectivity index (χ0) is 13.7. The van der Waals surface area contributed by atoms with E-state index in [1.807, 2.05) is 11.8 Å². The number of ether oxygens (including phenoxy) is 2. The molecule has 0 aliphatic carbocycles. The van der Waals surface area contributed by atoms with Crippen LogP contribution in [0.3, 0.4) is 0 Å². The Balaban J connectivity index is 1.84. The quantitative estimate of drug-likeness (QED) is 0.795. The van der Waals surface area contributed by atoms with Crippen LogP contribution in [0.15, 0.2) is 0 Å². The number of hydrogen-bond donors (Lipinski definition) is 1. The van der Waals surface area contributed by atoms with Crippen molar-refractivity contribution in [2.45, 2.75) is 45.3 Å². The minimum atomic E-state index is -0.498. The summed E-state index contributed by atoms with van der Waals surface area (Å²) < 4.78 is 11.5. The van der Waals surface area contributed by atoms with Crippen LogP contribution in [0.2, 0.25) is 0 Å². The zero-order valence-electron chi connectivity index (χ0n) is 12.1. The van der Waals surface area contributed by atoms with E-state index in [2.05, 4.69) is 12.2 Å². The Hall–Kier alpha value is -0.810. The number of carbonyl (C=O) groups is 1. The Morgan fingerprint density at radius 2 is 2.16 bits per heavy atom. The summed E-state index contributed by atoms with van der Waals surface area (Å²) in [6.45, 7) is 7.78. The van der Waals surface area contributed by atoms with Gasteiger partial charge in [-0.2, -0.15) is 0 Å². The van der Waals surface area contributed by atoms with Crippen LogP contribution in [0.1, 0.15) is 39.5 Å². The number of rotatable bonds is 4. The average Bonchev–Trinajstić information content (AvgIpc) is 2.87. The molecule has 2 rings (SSSR count). The van der Waals surface area contributed by atoms with E-state index >= 15 is 0 Å². The highest BCUT2D eigenvalue weighted by Gasteiger charge is 2.42. The van der Waals surface area contributed by atoms with E-state index in [1.165, 1.54) is 0 Å². The van der Waals surface area contributed by atoms with E-state index < -0.39 is 5.79 Å². The molecule has 2 aliphatic heterocycles. The van der Waals surface area contributed by atoms with Crippen molar-refractivity contribution in [1.29, 1.82) is 0 Å². The first-order valence-electron chi connectivity index (χ1n) is 7.46. The predicted octanol–water partition coefficient (Wildman–Crippen LogP) is 1.97. The fourth-order valence-corrected chi connectivity index (χ4v) is 2.84. The third-order valence-corrected chi connectivity index (χ3v) is 4.12. The number of nitrogens with one attached hydrogen (secondary N) is 1. The lowest BCUT2D eigenvalue weighted by Gasteiger charge is -2.39.